The zero-order valence-electron chi connectivity index (χ0n) is 18.6. The topological polar surface area (TPSA) is 89.0 Å². The molecule has 0 atom stereocenters. The van der Waals surface area contributed by atoms with Gasteiger partial charge in [0.2, 0.25) is 0 Å². The number of carbonyl (C=O) groups is 3. The molecule has 0 spiro atoms. The van der Waals surface area contributed by atoms with Crippen LogP contribution < -0.4 is 0 Å². The van der Waals surface area contributed by atoms with Crippen molar-refractivity contribution in [3.05, 3.63) is 41.1 Å². The van der Waals surface area contributed by atoms with Gasteiger partial charge in [0.15, 0.2) is 6.61 Å². The van der Waals surface area contributed by atoms with E-state index in [0.29, 0.717) is 44.6 Å². The van der Waals surface area contributed by atoms with Crippen LogP contribution in [-0.2, 0) is 32.0 Å². The van der Waals surface area contributed by atoms with E-state index in [0.717, 1.165) is 35.1 Å². The van der Waals surface area contributed by atoms with Gasteiger partial charge in [0.05, 0.1) is 23.6 Å². The molecule has 4 rings (SSSR count). The number of ether oxygens (including phenoxy) is 2. The van der Waals surface area contributed by atoms with Gasteiger partial charge in [0.25, 0.3) is 5.91 Å². The van der Waals surface area contributed by atoms with Gasteiger partial charge in [-0.1, -0.05) is 18.2 Å². The summed E-state index contributed by atoms with van der Waals surface area (Å²) in [6, 6.07) is 7.53. The molecule has 3 heterocycles. The van der Waals surface area contributed by atoms with Crippen LogP contribution >= 0.6 is 0 Å². The third-order valence-electron chi connectivity index (χ3n) is 6.24. The second kappa shape index (κ2) is 9.65. The van der Waals surface area contributed by atoms with E-state index < -0.39 is 5.97 Å². The summed E-state index contributed by atoms with van der Waals surface area (Å²) in [4.78, 5) is 46.2. The Bertz CT molecular complexity index is 1030. The summed E-state index contributed by atoms with van der Waals surface area (Å²) in [5.41, 5.74) is 3.06. The minimum Gasteiger partial charge on any atom is -0.466 e. The van der Waals surface area contributed by atoms with Gasteiger partial charge in [-0.15, -0.1) is 0 Å². The van der Waals surface area contributed by atoms with Gasteiger partial charge in [-0.25, -0.2) is 4.79 Å². The molecule has 0 saturated carbocycles. The molecule has 0 N–H and O–H groups in total. The van der Waals surface area contributed by atoms with Crippen molar-refractivity contribution < 1.29 is 23.9 Å². The number of esters is 2. The number of carbonyl (C=O) groups excluding carboxylic acids is 3. The highest BCUT2D eigenvalue weighted by atomic mass is 16.5. The molecule has 0 aliphatic carbocycles. The Morgan fingerprint density at radius 2 is 1.84 bits per heavy atom. The lowest BCUT2D eigenvalue weighted by molar-refractivity contribution is -0.151. The van der Waals surface area contributed by atoms with Gasteiger partial charge >= 0.3 is 11.9 Å². The number of aromatic nitrogens is 1. The van der Waals surface area contributed by atoms with Crippen LogP contribution in [0.5, 0.6) is 0 Å². The first-order chi connectivity index (χ1) is 15.5. The van der Waals surface area contributed by atoms with Crippen molar-refractivity contribution in [2.24, 2.45) is 5.92 Å². The Kier molecular flexibility index (Phi) is 6.69. The number of nitrogens with zero attached hydrogens (tertiary/aromatic N) is 3. The maximum Gasteiger partial charge on any atom is 0.339 e. The van der Waals surface area contributed by atoms with Crippen LogP contribution in [0.25, 0.3) is 10.9 Å². The van der Waals surface area contributed by atoms with E-state index in [9.17, 15) is 14.4 Å². The standard InChI is InChI=1S/C24H29N3O5/c1-3-31-23(29)16-8-12-27(13-9-16)21(28)15-32-24(30)22-17-6-4-5-7-19(17)25-20-10-11-26(2)14-18(20)22/h4-7,16H,3,8-15H2,1-2H3. The molecule has 0 unspecified atom stereocenters. The first-order valence-corrected chi connectivity index (χ1v) is 11.2. The molecule has 170 valence electrons. The minimum atomic E-state index is -0.495. The fourth-order valence-corrected chi connectivity index (χ4v) is 4.47. The van der Waals surface area contributed by atoms with Crippen molar-refractivity contribution in [1.82, 2.24) is 14.8 Å². The number of hydrogen-bond donors (Lipinski definition) is 0. The van der Waals surface area contributed by atoms with Crippen molar-refractivity contribution in [3.63, 3.8) is 0 Å². The van der Waals surface area contributed by atoms with Gasteiger partial charge in [0, 0.05) is 49.2 Å². The number of para-hydroxylation sites is 1. The summed E-state index contributed by atoms with van der Waals surface area (Å²) >= 11 is 0. The fraction of sp³-hybridized carbons (Fsp3) is 0.500. The van der Waals surface area contributed by atoms with Crippen molar-refractivity contribution in [3.8, 4) is 0 Å². The van der Waals surface area contributed by atoms with E-state index in [1.54, 1.807) is 11.8 Å². The highest BCUT2D eigenvalue weighted by Gasteiger charge is 2.30. The molecule has 1 fully saturated rings. The van der Waals surface area contributed by atoms with Crippen LogP contribution in [0.3, 0.4) is 0 Å². The minimum absolute atomic E-state index is 0.173. The first kappa shape index (κ1) is 22.2. The molecule has 2 aliphatic rings. The maximum atomic E-state index is 13.1. The highest BCUT2D eigenvalue weighted by molar-refractivity contribution is 6.05. The Morgan fingerprint density at radius 1 is 1.09 bits per heavy atom. The molecule has 1 saturated heterocycles. The number of piperidine rings is 1. The third kappa shape index (κ3) is 4.60. The lowest BCUT2D eigenvalue weighted by Crippen LogP contribution is -2.42. The summed E-state index contributed by atoms with van der Waals surface area (Å²) in [7, 11) is 2.01. The SMILES string of the molecule is CCOC(=O)C1CCN(C(=O)COC(=O)c2c3c(nc4ccccc24)CCN(C)C3)CC1. The third-order valence-corrected chi connectivity index (χ3v) is 6.24. The molecule has 1 amide bonds. The quantitative estimate of drug-likeness (QED) is 0.660. The predicted molar refractivity (Wildman–Crippen MR) is 118 cm³/mol. The highest BCUT2D eigenvalue weighted by Crippen LogP contribution is 2.28. The lowest BCUT2D eigenvalue weighted by Gasteiger charge is -2.30. The number of amides is 1. The molecular weight excluding hydrogens is 410 g/mol. The van der Waals surface area contributed by atoms with Crippen molar-refractivity contribution >= 4 is 28.7 Å². The Morgan fingerprint density at radius 3 is 2.59 bits per heavy atom. The van der Waals surface area contributed by atoms with Crippen LogP contribution in [0.2, 0.25) is 0 Å². The summed E-state index contributed by atoms with van der Waals surface area (Å²) in [6.45, 7) is 4.24. The number of hydrogen-bond acceptors (Lipinski definition) is 7. The number of fused-ring (bicyclic) bond motifs is 2. The van der Waals surface area contributed by atoms with Gasteiger partial charge < -0.3 is 19.3 Å². The number of benzene rings is 1. The summed E-state index contributed by atoms with van der Waals surface area (Å²) in [6.07, 6.45) is 1.89. The normalized spacial score (nSPS) is 17.1. The molecule has 1 aromatic carbocycles. The Hall–Kier alpha value is -3.00. The lowest BCUT2D eigenvalue weighted by atomic mass is 9.96. The van der Waals surface area contributed by atoms with Crippen molar-refractivity contribution in [2.75, 3.05) is 39.9 Å². The first-order valence-electron chi connectivity index (χ1n) is 11.2. The molecule has 8 heteroatoms. The van der Waals surface area contributed by atoms with Crippen molar-refractivity contribution in [2.45, 2.75) is 32.7 Å². The molecule has 1 aromatic heterocycles. The van der Waals surface area contributed by atoms with Gasteiger partial charge in [-0.3, -0.25) is 14.6 Å². The zero-order valence-corrected chi connectivity index (χ0v) is 18.6. The maximum absolute atomic E-state index is 13.1. The molecule has 8 nitrogen and oxygen atoms in total. The van der Waals surface area contributed by atoms with E-state index in [1.165, 1.54) is 0 Å². The fourth-order valence-electron chi connectivity index (χ4n) is 4.47. The number of likely N-dealkylation sites (N-methyl/N-ethyl adjacent to an activating group) is 1. The number of rotatable bonds is 5. The van der Waals surface area contributed by atoms with Crippen LogP contribution in [0.1, 0.15) is 41.4 Å². The summed E-state index contributed by atoms with van der Waals surface area (Å²) in [5, 5.41) is 0.745. The second-order valence-electron chi connectivity index (χ2n) is 8.40. The molecule has 2 aromatic rings. The monoisotopic (exact) mass is 439 g/mol. The van der Waals surface area contributed by atoms with E-state index in [-0.39, 0.29) is 24.4 Å². The summed E-state index contributed by atoms with van der Waals surface area (Å²) < 4.78 is 10.6. The van der Waals surface area contributed by atoms with E-state index in [2.05, 4.69) is 4.90 Å². The van der Waals surface area contributed by atoms with Crippen molar-refractivity contribution in [1.29, 1.82) is 0 Å². The van der Waals surface area contributed by atoms with E-state index in [1.807, 2.05) is 31.3 Å². The van der Waals surface area contributed by atoms with Crippen LogP contribution in [-0.4, -0.2) is 72.5 Å². The van der Waals surface area contributed by atoms with Gasteiger partial charge in [0.1, 0.15) is 0 Å². The molecule has 32 heavy (non-hydrogen) atoms. The largest absolute Gasteiger partial charge is 0.466 e. The van der Waals surface area contributed by atoms with Gasteiger partial charge in [-0.2, -0.15) is 0 Å². The average molecular weight is 440 g/mol. The van der Waals surface area contributed by atoms with E-state index in [4.69, 9.17) is 14.5 Å². The van der Waals surface area contributed by atoms with E-state index >= 15 is 0 Å². The Balaban J connectivity index is 1.44. The van der Waals surface area contributed by atoms with Crippen LogP contribution in [0, 0.1) is 5.92 Å². The van der Waals surface area contributed by atoms with Gasteiger partial charge in [-0.05, 0) is 32.9 Å². The molecular formula is C24H29N3O5. The zero-order chi connectivity index (χ0) is 22.7. The smallest absolute Gasteiger partial charge is 0.339 e. The van der Waals surface area contributed by atoms with Crippen LogP contribution in [0.15, 0.2) is 24.3 Å². The predicted octanol–water partition coefficient (Wildman–Crippen LogP) is 2.18. The summed E-state index contributed by atoms with van der Waals surface area (Å²) in [5.74, 6) is -1.12. The molecule has 2 aliphatic heterocycles. The van der Waals surface area contributed by atoms with Crippen LogP contribution in [0.4, 0.5) is 0 Å². The number of pyridine rings is 1. The Labute approximate surface area is 187 Å². The second-order valence-corrected chi connectivity index (χ2v) is 8.40. The molecule has 0 bridgehead atoms. The number of likely N-dealkylation sites (tertiary alicyclic amines) is 1. The molecule has 0 radical (unpaired) electrons. The average Bonchev–Trinajstić information content (AvgIpc) is 2.81.